The maximum atomic E-state index is 5.67. The first-order valence-corrected chi connectivity index (χ1v) is 7.00. The standard InChI is InChI=1S/C14H21NO2S/c18-14(10-15-6-8-16-9-7-15)12-17-11-13-4-2-1-3-5-13/h1-5,14,18H,6-12H2. The number of rotatable bonds is 6. The predicted octanol–water partition coefficient (Wildman–Crippen LogP) is 0.0338. The third-order valence-electron chi connectivity index (χ3n) is 3.13. The van der Waals surface area contributed by atoms with Gasteiger partial charge in [0.05, 0.1) is 26.4 Å². The van der Waals surface area contributed by atoms with Crippen LogP contribution in [0.2, 0.25) is 0 Å². The van der Waals surface area contributed by atoms with E-state index in [9.17, 15) is 0 Å². The van der Waals surface area contributed by atoms with Crippen LogP contribution in [0.15, 0.2) is 30.3 Å². The largest absolute Gasteiger partial charge is 0.782 e. The maximum Gasteiger partial charge on any atom is 0.101 e. The monoisotopic (exact) mass is 267 g/mol. The lowest BCUT2D eigenvalue weighted by Crippen LogP contribution is -3.15. The Morgan fingerprint density at radius 3 is 2.67 bits per heavy atom. The Morgan fingerprint density at radius 1 is 1.22 bits per heavy atom. The first-order valence-electron chi connectivity index (χ1n) is 6.53. The van der Waals surface area contributed by atoms with Crippen LogP contribution < -0.4 is 4.90 Å². The summed E-state index contributed by atoms with van der Waals surface area (Å²) < 4.78 is 11.0. The Hall–Kier alpha value is -0.550. The normalized spacial score (nSPS) is 18.7. The van der Waals surface area contributed by atoms with E-state index in [1.165, 1.54) is 5.56 Å². The van der Waals surface area contributed by atoms with Crippen molar-refractivity contribution in [2.24, 2.45) is 0 Å². The number of quaternary nitrogens is 1. The molecule has 1 atom stereocenters. The Bertz CT molecular complexity index is 328. The van der Waals surface area contributed by atoms with Gasteiger partial charge in [-0.25, -0.2) is 0 Å². The van der Waals surface area contributed by atoms with Gasteiger partial charge in [0.1, 0.15) is 13.1 Å². The summed E-state index contributed by atoms with van der Waals surface area (Å²) in [5.41, 5.74) is 1.21. The molecule has 1 aliphatic rings. The number of hydrogen-bond donors (Lipinski definition) is 1. The lowest BCUT2D eigenvalue weighted by Gasteiger charge is -2.30. The first kappa shape index (κ1) is 13.9. The average molecular weight is 267 g/mol. The van der Waals surface area contributed by atoms with Gasteiger partial charge in [-0.2, -0.15) is 0 Å². The molecule has 0 aromatic heterocycles. The molecule has 0 amide bonds. The van der Waals surface area contributed by atoms with Crippen molar-refractivity contribution in [1.82, 2.24) is 0 Å². The minimum atomic E-state index is 0.196. The van der Waals surface area contributed by atoms with Crippen LogP contribution in [0.25, 0.3) is 0 Å². The van der Waals surface area contributed by atoms with Gasteiger partial charge < -0.3 is 27.0 Å². The van der Waals surface area contributed by atoms with Crippen LogP contribution in [-0.2, 0) is 28.7 Å². The molecule has 1 saturated heterocycles. The van der Waals surface area contributed by atoms with Crippen molar-refractivity contribution in [1.29, 1.82) is 0 Å². The summed E-state index contributed by atoms with van der Waals surface area (Å²) in [7, 11) is 0. The van der Waals surface area contributed by atoms with E-state index >= 15 is 0 Å². The lowest BCUT2D eigenvalue weighted by molar-refractivity contribution is -0.907. The highest BCUT2D eigenvalue weighted by atomic mass is 32.1. The lowest BCUT2D eigenvalue weighted by atomic mass is 10.2. The van der Waals surface area contributed by atoms with Gasteiger partial charge in [0, 0.05) is 6.61 Å². The van der Waals surface area contributed by atoms with Gasteiger partial charge in [-0.1, -0.05) is 35.6 Å². The van der Waals surface area contributed by atoms with E-state index in [4.69, 9.17) is 22.1 Å². The molecule has 0 aliphatic carbocycles. The second kappa shape index (κ2) is 7.79. The summed E-state index contributed by atoms with van der Waals surface area (Å²) in [6.45, 7) is 6.21. The van der Waals surface area contributed by atoms with E-state index in [0.717, 1.165) is 32.8 Å². The molecule has 0 spiro atoms. The van der Waals surface area contributed by atoms with Crippen LogP contribution in [0.5, 0.6) is 0 Å². The van der Waals surface area contributed by atoms with Crippen LogP contribution in [-0.4, -0.2) is 44.7 Å². The van der Waals surface area contributed by atoms with Crippen molar-refractivity contribution >= 4 is 12.6 Å². The fourth-order valence-corrected chi connectivity index (χ4v) is 2.46. The minimum absolute atomic E-state index is 0.196. The summed E-state index contributed by atoms with van der Waals surface area (Å²) in [5, 5.41) is 0.196. The van der Waals surface area contributed by atoms with Crippen molar-refractivity contribution in [3.8, 4) is 0 Å². The number of morpholine rings is 1. The van der Waals surface area contributed by atoms with Gasteiger partial charge in [-0.3, -0.25) is 0 Å². The summed E-state index contributed by atoms with van der Waals surface area (Å²) in [5.74, 6) is 0. The summed E-state index contributed by atoms with van der Waals surface area (Å²) in [4.78, 5) is 1.55. The molecule has 1 aromatic carbocycles. The highest BCUT2D eigenvalue weighted by Gasteiger charge is 2.13. The minimum Gasteiger partial charge on any atom is -0.782 e. The molecule has 18 heavy (non-hydrogen) atoms. The van der Waals surface area contributed by atoms with Gasteiger partial charge in [0.15, 0.2) is 0 Å². The van der Waals surface area contributed by atoms with Crippen molar-refractivity contribution < 1.29 is 14.4 Å². The molecule has 4 heteroatoms. The fourth-order valence-electron chi connectivity index (χ4n) is 2.13. The molecule has 0 bridgehead atoms. The van der Waals surface area contributed by atoms with E-state index in [-0.39, 0.29) is 5.25 Å². The zero-order valence-electron chi connectivity index (χ0n) is 10.6. The van der Waals surface area contributed by atoms with Gasteiger partial charge in [-0.15, -0.1) is 0 Å². The summed E-state index contributed by atoms with van der Waals surface area (Å²) in [6, 6.07) is 10.2. The molecule has 2 rings (SSSR count). The number of ether oxygens (including phenoxy) is 2. The van der Waals surface area contributed by atoms with Crippen LogP contribution in [0.1, 0.15) is 5.56 Å². The molecule has 1 fully saturated rings. The molecular weight excluding hydrogens is 246 g/mol. The number of nitrogens with one attached hydrogen (secondary N) is 1. The molecule has 1 aromatic rings. The van der Waals surface area contributed by atoms with Gasteiger partial charge in [0.25, 0.3) is 0 Å². The second-order valence-corrected chi connectivity index (χ2v) is 5.36. The van der Waals surface area contributed by atoms with Crippen molar-refractivity contribution in [2.75, 3.05) is 39.5 Å². The van der Waals surface area contributed by atoms with Crippen molar-refractivity contribution in [2.45, 2.75) is 11.9 Å². The van der Waals surface area contributed by atoms with E-state index in [1.54, 1.807) is 4.90 Å². The van der Waals surface area contributed by atoms with Gasteiger partial charge in [-0.05, 0) is 5.56 Å². The Morgan fingerprint density at radius 2 is 1.94 bits per heavy atom. The SMILES string of the molecule is [S-]C(COCc1ccccc1)C[NH+]1CCOCC1. The molecular formula is C14H21NO2S. The summed E-state index contributed by atoms with van der Waals surface area (Å²) in [6.07, 6.45) is 0. The number of hydrogen-bond acceptors (Lipinski definition) is 3. The zero-order valence-corrected chi connectivity index (χ0v) is 11.5. The highest BCUT2D eigenvalue weighted by molar-refractivity contribution is 7.59. The topological polar surface area (TPSA) is 22.9 Å². The zero-order chi connectivity index (χ0) is 12.6. The Balaban J connectivity index is 1.61. The van der Waals surface area contributed by atoms with E-state index in [2.05, 4.69) is 12.1 Å². The molecule has 0 radical (unpaired) electrons. The number of benzene rings is 1. The average Bonchev–Trinajstić information content (AvgIpc) is 2.41. The van der Waals surface area contributed by atoms with Gasteiger partial charge in [0.2, 0.25) is 0 Å². The molecule has 1 unspecified atom stereocenters. The van der Waals surface area contributed by atoms with Crippen molar-refractivity contribution in [3.63, 3.8) is 0 Å². The first-order chi connectivity index (χ1) is 8.84. The molecule has 100 valence electrons. The molecule has 1 N–H and O–H groups in total. The second-order valence-electron chi connectivity index (χ2n) is 4.69. The van der Waals surface area contributed by atoms with Crippen LogP contribution in [0.4, 0.5) is 0 Å². The summed E-state index contributed by atoms with van der Waals surface area (Å²) >= 11 is 5.45. The molecule has 1 aliphatic heterocycles. The van der Waals surface area contributed by atoms with Crippen molar-refractivity contribution in [3.05, 3.63) is 35.9 Å². The quantitative estimate of drug-likeness (QED) is 0.736. The van der Waals surface area contributed by atoms with E-state index in [0.29, 0.717) is 13.2 Å². The molecule has 1 heterocycles. The van der Waals surface area contributed by atoms with Crippen LogP contribution in [0, 0.1) is 0 Å². The van der Waals surface area contributed by atoms with E-state index < -0.39 is 0 Å². The molecule has 3 nitrogen and oxygen atoms in total. The smallest absolute Gasteiger partial charge is 0.101 e. The highest BCUT2D eigenvalue weighted by Crippen LogP contribution is 2.00. The fraction of sp³-hybridized carbons (Fsp3) is 0.571. The van der Waals surface area contributed by atoms with Crippen LogP contribution >= 0.6 is 0 Å². The molecule has 0 saturated carbocycles. The van der Waals surface area contributed by atoms with Gasteiger partial charge >= 0.3 is 0 Å². The Labute approximate surface area is 114 Å². The third kappa shape index (κ3) is 4.98. The predicted molar refractivity (Wildman–Crippen MR) is 73.6 cm³/mol. The Kier molecular flexibility index (Phi) is 6.00. The van der Waals surface area contributed by atoms with Crippen LogP contribution in [0.3, 0.4) is 0 Å². The maximum absolute atomic E-state index is 5.67. The van der Waals surface area contributed by atoms with E-state index in [1.807, 2.05) is 18.2 Å². The third-order valence-corrected chi connectivity index (χ3v) is 3.43.